The highest BCUT2D eigenvalue weighted by molar-refractivity contribution is 7.99. The second kappa shape index (κ2) is 6.04. The summed E-state index contributed by atoms with van der Waals surface area (Å²) in [6.07, 6.45) is 1.88. The van der Waals surface area contributed by atoms with Gasteiger partial charge in [0.2, 0.25) is 0 Å². The first-order chi connectivity index (χ1) is 8.36. The summed E-state index contributed by atoms with van der Waals surface area (Å²) in [6, 6.07) is 0. The molecule has 1 aromatic heterocycles. The van der Waals surface area contributed by atoms with E-state index in [1.807, 2.05) is 13.2 Å². The molecule has 5 nitrogen and oxygen atoms in total. The fraction of sp³-hybridized carbons (Fsp3) is 0.583. The first-order valence-electron chi connectivity index (χ1n) is 5.68. The average Bonchev–Trinajstić information content (AvgIpc) is 2.29. The number of aromatic nitrogens is 2. The number of carboxylic acids is 1. The van der Waals surface area contributed by atoms with Crippen LogP contribution in [0.3, 0.4) is 0 Å². The van der Waals surface area contributed by atoms with Crippen molar-refractivity contribution in [2.75, 3.05) is 6.26 Å². The Morgan fingerprint density at radius 1 is 1.50 bits per heavy atom. The molecule has 1 unspecified atom stereocenters. The number of rotatable bonds is 5. The van der Waals surface area contributed by atoms with E-state index in [1.165, 1.54) is 0 Å². The third-order valence-corrected chi connectivity index (χ3v) is 3.90. The van der Waals surface area contributed by atoms with Crippen LogP contribution in [0.25, 0.3) is 0 Å². The van der Waals surface area contributed by atoms with Crippen LogP contribution in [-0.4, -0.2) is 32.1 Å². The van der Waals surface area contributed by atoms with E-state index in [9.17, 15) is 9.59 Å². The van der Waals surface area contributed by atoms with E-state index in [2.05, 4.69) is 4.98 Å². The molecule has 1 N–H and O–H groups in total. The van der Waals surface area contributed by atoms with E-state index < -0.39 is 5.97 Å². The number of aliphatic carboxylic acids is 1. The van der Waals surface area contributed by atoms with Crippen molar-refractivity contribution >= 4 is 17.7 Å². The van der Waals surface area contributed by atoms with Gasteiger partial charge in [-0.15, -0.1) is 0 Å². The van der Waals surface area contributed by atoms with Crippen molar-refractivity contribution in [2.24, 2.45) is 0 Å². The van der Waals surface area contributed by atoms with E-state index >= 15 is 0 Å². The lowest BCUT2D eigenvalue weighted by Crippen LogP contribution is -2.31. The van der Waals surface area contributed by atoms with Gasteiger partial charge in [-0.25, -0.2) is 4.79 Å². The topological polar surface area (TPSA) is 72.2 Å². The van der Waals surface area contributed by atoms with Gasteiger partial charge in [0.25, 0.3) is 0 Å². The van der Waals surface area contributed by atoms with Gasteiger partial charge in [-0.2, -0.15) is 16.7 Å². The molecule has 0 aliphatic carbocycles. The fourth-order valence-electron chi connectivity index (χ4n) is 1.79. The van der Waals surface area contributed by atoms with Crippen LogP contribution in [0, 0.1) is 13.8 Å². The number of carboxylic acid groups (broad SMARTS) is 1. The van der Waals surface area contributed by atoms with Gasteiger partial charge >= 0.3 is 11.7 Å². The summed E-state index contributed by atoms with van der Waals surface area (Å²) in [5, 5.41) is 9.17. The summed E-state index contributed by atoms with van der Waals surface area (Å²) < 4.78 is 1.56. The first-order valence-corrected chi connectivity index (χ1v) is 6.97. The standard InChI is InChI=1S/C12H18N2O3S/c1-7(18-4)6-14-9(3)10(5-11(15)16)8(2)13-12(14)17/h7H,5-6H2,1-4H3,(H,15,16). The minimum absolute atomic E-state index is 0.0986. The van der Waals surface area contributed by atoms with Crippen molar-refractivity contribution < 1.29 is 9.90 Å². The molecule has 0 fully saturated rings. The van der Waals surface area contributed by atoms with Crippen LogP contribution in [-0.2, 0) is 17.8 Å². The van der Waals surface area contributed by atoms with Crippen LogP contribution in [0.2, 0.25) is 0 Å². The zero-order valence-electron chi connectivity index (χ0n) is 11.1. The monoisotopic (exact) mass is 270 g/mol. The van der Waals surface area contributed by atoms with Gasteiger partial charge in [0.05, 0.1) is 6.42 Å². The molecule has 0 aliphatic rings. The average molecular weight is 270 g/mol. The first kappa shape index (κ1) is 14.8. The maximum Gasteiger partial charge on any atom is 0.348 e. The fourth-order valence-corrected chi connectivity index (χ4v) is 2.09. The molecule has 0 saturated heterocycles. The van der Waals surface area contributed by atoms with Gasteiger partial charge in [-0.05, 0) is 20.1 Å². The number of hydrogen-bond donors (Lipinski definition) is 1. The Kier molecular flexibility index (Phi) is 4.95. The molecule has 100 valence electrons. The summed E-state index contributed by atoms with van der Waals surface area (Å²) in [6.45, 7) is 6.02. The van der Waals surface area contributed by atoms with Gasteiger partial charge in [-0.1, -0.05) is 6.92 Å². The maximum atomic E-state index is 11.8. The molecular formula is C12H18N2O3S. The largest absolute Gasteiger partial charge is 0.481 e. The Morgan fingerprint density at radius 2 is 2.11 bits per heavy atom. The lowest BCUT2D eigenvalue weighted by molar-refractivity contribution is -0.136. The maximum absolute atomic E-state index is 11.8. The number of aryl methyl sites for hydroxylation is 1. The molecule has 0 bridgehead atoms. The van der Waals surface area contributed by atoms with Crippen LogP contribution >= 0.6 is 11.8 Å². The van der Waals surface area contributed by atoms with Crippen LogP contribution in [0.15, 0.2) is 4.79 Å². The lowest BCUT2D eigenvalue weighted by Gasteiger charge is -2.17. The van der Waals surface area contributed by atoms with E-state index in [1.54, 1.807) is 30.2 Å². The number of hydrogen-bond acceptors (Lipinski definition) is 4. The van der Waals surface area contributed by atoms with Gasteiger partial charge in [0, 0.05) is 28.7 Å². The second-order valence-electron chi connectivity index (χ2n) is 4.27. The normalized spacial score (nSPS) is 12.4. The molecule has 0 spiro atoms. The van der Waals surface area contributed by atoms with E-state index in [0.29, 0.717) is 23.5 Å². The van der Waals surface area contributed by atoms with Crippen LogP contribution in [0.1, 0.15) is 23.9 Å². The van der Waals surface area contributed by atoms with Gasteiger partial charge in [0.1, 0.15) is 0 Å². The van der Waals surface area contributed by atoms with Crippen molar-refractivity contribution in [1.82, 2.24) is 9.55 Å². The van der Waals surface area contributed by atoms with Crippen molar-refractivity contribution in [3.8, 4) is 0 Å². The van der Waals surface area contributed by atoms with E-state index in [-0.39, 0.29) is 17.4 Å². The van der Waals surface area contributed by atoms with Crippen LogP contribution in [0.5, 0.6) is 0 Å². The number of carbonyl (C=O) groups is 1. The van der Waals surface area contributed by atoms with Gasteiger partial charge < -0.3 is 5.11 Å². The predicted octanol–water partition coefficient (Wildman–Crippen LogP) is 1.24. The third-order valence-electron chi connectivity index (χ3n) is 2.94. The SMILES string of the molecule is CSC(C)Cn1c(C)c(CC(=O)O)c(C)nc1=O. The minimum Gasteiger partial charge on any atom is -0.481 e. The highest BCUT2D eigenvalue weighted by Gasteiger charge is 2.15. The molecule has 18 heavy (non-hydrogen) atoms. The molecule has 0 radical (unpaired) electrons. The molecule has 1 rings (SSSR count). The molecule has 1 aromatic rings. The molecule has 0 aromatic carbocycles. The Morgan fingerprint density at radius 3 is 2.61 bits per heavy atom. The lowest BCUT2D eigenvalue weighted by atomic mass is 10.1. The summed E-state index contributed by atoms with van der Waals surface area (Å²) in [7, 11) is 0. The number of thioether (sulfide) groups is 1. The third kappa shape index (κ3) is 3.35. The van der Waals surface area contributed by atoms with Crippen molar-refractivity contribution in [2.45, 2.75) is 39.0 Å². The van der Waals surface area contributed by atoms with Crippen LogP contribution in [0.4, 0.5) is 0 Å². The Hall–Kier alpha value is -1.30. The van der Waals surface area contributed by atoms with Gasteiger partial charge in [0.15, 0.2) is 0 Å². The van der Waals surface area contributed by atoms with Crippen molar-refractivity contribution in [3.63, 3.8) is 0 Å². The second-order valence-corrected chi connectivity index (χ2v) is 5.55. The predicted molar refractivity (Wildman–Crippen MR) is 72.3 cm³/mol. The van der Waals surface area contributed by atoms with Gasteiger partial charge in [-0.3, -0.25) is 9.36 Å². The molecule has 6 heteroatoms. The zero-order valence-corrected chi connectivity index (χ0v) is 11.9. The molecule has 1 atom stereocenters. The molecule has 0 aliphatic heterocycles. The highest BCUT2D eigenvalue weighted by Crippen LogP contribution is 2.13. The molecule has 1 heterocycles. The Balaban J connectivity index is 3.26. The summed E-state index contributed by atoms with van der Waals surface area (Å²) in [5.74, 6) is -0.911. The minimum atomic E-state index is -0.911. The zero-order chi connectivity index (χ0) is 13.9. The highest BCUT2D eigenvalue weighted by atomic mass is 32.2. The molecular weight excluding hydrogens is 252 g/mol. The summed E-state index contributed by atoms with van der Waals surface area (Å²) in [4.78, 5) is 26.6. The molecule has 0 amide bonds. The van der Waals surface area contributed by atoms with Crippen molar-refractivity contribution in [3.05, 3.63) is 27.4 Å². The quantitative estimate of drug-likeness (QED) is 0.871. The Labute approximate surface area is 110 Å². The Bertz CT molecular complexity index is 511. The van der Waals surface area contributed by atoms with E-state index in [0.717, 1.165) is 0 Å². The smallest absolute Gasteiger partial charge is 0.348 e. The summed E-state index contributed by atoms with van der Waals surface area (Å²) >= 11 is 1.66. The summed E-state index contributed by atoms with van der Waals surface area (Å²) in [5.41, 5.74) is 1.54. The number of nitrogens with zero attached hydrogens (tertiary/aromatic N) is 2. The van der Waals surface area contributed by atoms with Crippen molar-refractivity contribution in [1.29, 1.82) is 0 Å². The van der Waals surface area contributed by atoms with E-state index in [4.69, 9.17) is 5.11 Å². The van der Waals surface area contributed by atoms with Crippen LogP contribution < -0.4 is 5.69 Å². The molecule has 0 saturated carbocycles.